The average Bonchev–Trinajstić information content (AvgIpc) is 3.58. The van der Waals surface area contributed by atoms with Gasteiger partial charge in [-0.05, 0) is 95.9 Å². The molecule has 9 heteroatoms. The van der Waals surface area contributed by atoms with Crippen LogP contribution in [0.15, 0.2) is 60.7 Å². The first-order valence-corrected chi connectivity index (χ1v) is 17.5. The lowest BCUT2D eigenvalue weighted by Gasteiger charge is -2.39. The number of hydrogen-bond donors (Lipinski definition) is 3. The van der Waals surface area contributed by atoms with Gasteiger partial charge in [-0.25, -0.2) is 4.79 Å². The third-order valence-electron chi connectivity index (χ3n) is 9.35. The number of amides is 3. The van der Waals surface area contributed by atoms with Gasteiger partial charge in [0.1, 0.15) is 11.6 Å². The van der Waals surface area contributed by atoms with Crippen molar-refractivity contribution in [1.82, 2.24) is 20.4 Å². The Labute approximate surface area is 281 Å². The SMILES string of the molecule is CC(C)[C@H](NC(=O)C(Cc1ccccc1)CC(O)C(Cc1ccccc1)NC(=O)OC(C)(C)C)C(=O)N1CCC(N2CCCC2)CC1. The molecule has 0 aliphatic carbocycles. The van der Waals surface area contributed by atoms with Crippen molar-refractivity contribution in [1.29, 1.82) is 0 Å². The predicted molar refractivity (Wildman–Crippen MR) is 185 cm³/mol. The Balaban J connectivity index is 1.48. The number of rotatable bonds is 13. The Morgan fingerprint density at radius 2 is 1.40 bits per heavy atom. The van der Waals surface area contributed by atoms with Crippen molar-refractivity contribution < 1.29 is 24.2 Å². The first-order valence-electron chi connectivity index (χ1n) is 17.5. The predicted octanol–water partition coefficient (Wildman–Crippen LogP) is 4.96. The smallest absolute Gasteiger partial charge is 0.407 e. The standard InChI is InChI=1S/C38H56N4O5/c1-27(2)34(36(45)42-22-18-31(19-23-42)41-20-12-13-21-41)40-35(44)30(24-28-14-8-6-9-15-28)26-33(43)32(25-29-16-10-7-11-17-29)39-37(46)47-38(3,4)5/h6-11,14-17,27,30-34,43H,12-13,18-26H2,1-5H3,(H,39,46)(H,40,44)/t30?,32?,33?,34-/m0/s1. The Hall–Kier alpha value is -3.43. The van der Waals surface area contributed by atoms with E-state index in [9.17, 15) is 19.5 Å². The molecular weight excluding hydrogens is 592 g/mol. The Bertz CT molecular complexity index is 1270. The molecule has 4 rings (SSSR count). The number of alkyl carbamates (subject to hydrolysis) is 1. The molecule has 2 aromatic rings. The molecule has 258 valence electrons. The molecule has 2 fully saturated rings. The van der Waals surface area contributed by atoms with Crippen LogP contribution in [0.1, 0.15) is 77.8 Å². The fourth-order valence-corrected chi connectivity index (χ4v) is 6.79. The van der Waals surface area contributed by atoms with Gasteiger partial charge >= 0.3 is 6.09 Å². The molecule has 47 heavy (non-hydrogen) atoms. The van der Waals surface area contributed by atoms with Crippen LogP contribution < -0.4 is 10.6 Å². The molecule has 4 atom stereocenters. The van der Waals surface area contributed by atoms with E-state index < -0.39 is 35.8 Å². The molecular formula is C38H56N4O5. The number of ether oxygens (including phenoxy) is 1. The third kappa shape index (κ3) is 11.4. The minimum absolute atomic E-state index is 0.0409. The van der Waals surface area contributed by atoms with Crippen LogP contribution in [0.25, 0.3) is 0 Å². The summed E-state index contributed by atoms with van der Waals surface area (Å²) >= 11 is 0. The van der Waals surface area contributed by atoms with Gasteiger partial charge in [-0.2, -0.15) is 0 Å². The van der Waals surface area contributed by atoms with Gasteiger partial charge in [-0.3, -0.25) is 9.59 Å². The number of hydrogen-bond acceptors (Lipinski definition) is 6. The molecule has 0 radical (unpaired) electrons. The summed E-state index contributed by atoms with van der Waals surface area (Å²) in [4.78, 5) is 45.3. The van der Waals surface area contributed by atoms with E-state index in [1.54, 1.807) is 20.8 Å². The average molecular weight is 649 g/mol. The molecule has 2 heterocycles. The maximum atomic E-state index is 14.1. The van der Waals surface area contributed by atoms with Gasteiger partial charge in [0.25, 0.3) is 0 Å². The summed E-state index contributed by atoms with van der Waals surface area (Å²) < 4.78 is 5.52. The van der Waals surface area contributed by atoms with E-state index in [-0.39, 0.29) is 24.2 Å². The number of aliphatic hydroxyl groups excluding tert-OH is 1. The topological polar surface area (TPSA) is 111 Å². The van der Waals surface area contributed by atoms with Crippen LogP contribution in [0, 0.1) is 11.8 Å². The van der Waals surface area contributed by atoms with Crippen molar-refractivity contribution in [2.45, 2.75) is 109 Å². The summed E-state index contributed by atoms with van der Waals surface area (Å²) in [6.07, 6.45) is 3.58. The van der Waals surface area contributed by atoms with Gasteiger partial charge < -0.3 is 30.3 Å². The highest BCUT2D eigenvalue weighted by Crippen LogP contribution is 2.24. The molecule has 0 saturated carbocycles. The van der Waals surface area contributed by atoms with Gasteiger partial charge in [0, 0.05) is 25.0 Å². The number of likely N-dealkylation sites (tertiary alicyclic amines) is 2. The highest BCUT2D eigenvalue weighted by atomic mass is 16.6. The summed E-state index contributed by atoms with van der Waals surface area (Å²) in [5, 5.41) is 17.6. The minimum Gasteiger partial charge on any atom is -0.444 e. The largest absolute Gasteiger partial charge is 0.444 e. The number of nitrogens with zero attached hydrogens (tertiary/aromatic N) is 2. The third-order valence-corrected chi connectivity index (χ3v) is 9.35. The van der Waals surface area contributed by atoms with Crippen LogP contribution in [0.4, 0.5) is 4.79 Å². The quantitative estimate of drug-likeness (QED) is 0.283. The van der Waals surface area contributed by atoms with Crippen LogP contribution in [0.5, 0.6) is 0 Å². The van der Waals surface area contributed by atoms with E-state index in [0.29, 0.717) is 32.0 Å². The molecule has 0 bridgehead atoms. The molecule has 3 unspecified atom stereocenters. The Morgan fingerprint density at radius 3 is 1.94 bits per heavy atom. The summed E-state index contributed by atoms with van der Waals surface area (Å²) in [7, 11) is 0. The molecule has 2 saturated heterocycles. The first-order chi connectivity index (χ1) is 22.4. The van der Waals surface area contributed by atoms with Crippen molar-refractivity contribution in [3.8, 4) is 0 Å². The maximum Gasteiger partial charge on any atom is 0.407 e. The second kappa shape index (κ2) is 17.1. The number of benzene rings is 2. The van der Waals surface area contributed by atoms with Crippen molar-refractivity contribution in [3.63, 3.8) is 0 Å². The van der Waals surface area contributed by atoms with Crippen LogP contribution in [-0.4, -0.2) is 88.8 Å². The monoisotopic (exact) mass is 648 g/mol. The molecule has 2 aliphatic heterocycles. The second-order valence-corrected chi connectivity index (χ2v) is 14.7. The molecule has 3 amide bonds. The first kappa shape index (κ1) is 36.4. The van der Waals surface area contributed by atoms with Crippen LogP contribution in [-0.2, 0) is 27.2 Å². The van der Waals surface area contributed by atoms with E-state index in [0.717, 1.165) is 37.1 Å². The van der Waals surface area contributed by atoms with E-state index in [4.69, 9.17) is 4.74 Å². The fourth-order valence-electron chi connectivity index (χ4n) is 6.79. The van der Waals surface area contributed by atoms with E-state index in [1.165, 1.54) is 12.8 Å². The van der Waals surface area contributed by atoms with Gasteiger partial charge in [0.05, 0.1) is 12.1 Å². The molecule has 3 N–H and O–H groups in total. The van der Waals surface area contributed by atoms with E-state index in [2.05, 4.69) is 15.5 Å². The number of carbonyl (C=O) groups excluding carboxylic acids is 3. The maximum absolute atomic E-state index is 14.1. The normalized spacial score (nSPS) is 18.7. The van der Waals surface area contributed by atoms with E-state index in [1.807, 2.05) is 79.4 Å². The molecule has 0 aromatic heterocycles. The lowest BCUT2D eigenvalue weighted by atomic mass is 9.88. The summed E-state index contributed by atoms with van der Waals surface area (Å²) in [5.74, 6) is -1.06. The zero-order valence-corrected chi connectivity index (χ0v) is 29.0. The van der Waals surface area contributed by atoms with Gasteiger partial charge in [-0.1, -0.05) is 74.5 Å². The number of carbonyl (C=O) groups is 3. The summed E-state index contributed by atoms with van der Waals surface area (Å²) in [6, 6.07) is 18.5. The molecule has 9 nitrogen and oxygen atoms in total. The van der Waals surface area contributed by atoms with Crippen molar-refractivity contribution in [2.75, 3.05) is 26.2 Å². The van der Waals surface area contributed by atoms with Crippen LogP contribution in [0.2, 0.25) is 0 Å². The molecule has 0 spiro atoms. The number of piperidine rings is 1. The number of aliphatic hydroxyl groups is 1. The minimum atomic E-state index is -1.06. The summed E-state index contributed by atoms with van der Waals surface area (Å²) in [5.41, 5.74) is 1.19. The Morgan fingerprint density at radius 1 is 0.851 bits per heavy atom. The van der Waals surface area contributed by atoms with Gasteiger partial charge in [-0.15, -0.1) is 0 Å². The number of nitrogens with one attached hydrogen (secondary N) is 2. The highest BCUT2D eigenvalue weighted by Gasteiger charge is 2.36. The summed E-state index contributed by atoms with van der Waals surface area (Å²) in [6.45, 7) is 13.0. The van der Waals surface area contributed by atoms with Gasteiger partial charge in [0.2, 0.25) is 11.8 Å². The van der Waals surface area contributed by atoms with Crippen molar-refractivity contribution >= 4 is 17.9 Å². The van der Waals surface area contributed by atoms with Crippen LogP contribution >= 0.6 is 0 Å². The fraction of sp³-hybridized carbons (Fsp3) is 0.605. The lowest BCUT2D eigenvalue weighted by molar-refractivity contribution is -0.140. The van der Waals surface area contributed by atoms with Crippen molar-refractivity contribution in [2.24, 2.45) is 11.8 Å². The second-order valence-electron chi connectivity index (χ2n) is 14.7. The van der Waals surface area contributed by atoms with Crippen molar-refractivity contribution in [3.05, 3.63) is 71.8 Å². The van der Waals surface area contributed by atoms with Crippen LogP contribution in [0.3, 0.4) is 0 Å². The van der Waals surface area contributed by atoms with E-state index >= 15 is 0 Å². The zero-order chi connectivity index (χ0) is 34.0. The van der Waals surface area contributed by atoms with Gasteiger partial charge in [0.15, 0.2) is 0 Å². The highest BCUT2D eigenvalue weighted by molar-refractivity contribution is 5.89. The zero-order valence-electron chi connectivity index (χ0n) is 29.0. The Kier molecular flexibility index (Phi) is 13.3. The molecule has 2 aliphatic rings. The lowest BCUT2D eigenvalue weighted by Crippen LogP contribution is -2.56. The molecule has 2 aromatic carbocycles.